The number of hydrogen-bond acceptors (Lipinski definition) is 3. The molecule has 3 heteroatoms. The van der Waals surface area contributed by atoms with Gasteiger partial charge >= 0.3 is 5.97 Å². The first-order chi connectivity index (χ1) is 9.16. The van der Waals surface area contributed by atoms with Gasteiger partial charge in [0.2, 0.25) is 0 Å². The summed E-state index contributed by atoms with van der Waals surface area (Å²) in [6.45, 7) is 12.5. The van der Waals surface area contributed by atoms with Gasteiger partial charge in [-0.05, 0) is 42.4 Å². The average Bonchev–Trinajstić information content (AvgIpc) is 2.34. The molecule has 0 aromatic heterocycles. The first-order valence-electron chi connectivity index (χ1n) is 6.72. The van der Waals surface area contributed by atoms with Gasteiger partial charge < -0.3 is 9.84 Å². The summed E-state index contributed by atoms with van der Waals surface area (Å²) in [4.78, 5) is 11.7. The van der Waals surface area contributed by atoms with Crippen LogP contribution in [0.4, 0.5) is 0 Å². The van der Waals surface area contributed by atoms with Gasteiger partial charge in [0, 0.05) is 0 Å². The Hall–Kier alpha value is -1.77. The second kappa shape index (κ2) is 6.12. The molecule has 3 nitrogen and oxygen atoms in total. The van der Waals surface area contributed by atoms with Crippen LogP contribution < -0.4 is 0 Å². The Bertz CT molecular complexity index is 509. The van der Waals surface area contributed by atoms with Crippen LogP contribution in [0.25, 0.3) is 0 Å². The molecule has 0 radical (unpaired) electrons. The van der Waals surface area contributed by atoms with E-state index in [4.69, 9.17) is 4.74 Å². The normalized spacial score (nSPS) is 12.8. The maximum atomic E-state index is 11.7. The molecule has 1 unspecified atom stereocenters. The molecule has 110 valence electrons. The molecule has 1 atom stereocenters. The summed E-state index contributed by atoms with van der Waals surface area (Å²) < 4.78 is 4.70. The zero-order chi connectivity index (χ0) is 15.5. The fourth-order valence-corrected chi connectivity index (χ4v) is 2.32. The Balaban J connectivity index is 3.28. The average molecular weight is 276 g/mol. The summed E-state index contributed by atoms with van der Waals surface area (Å²) in [5, 5.41) is 9.78. The molecule has 1 N–H and O–H groups in total. The number of methoxy groups -OCH3 is 1. The summed E-state index contributed by atoms with van der Waals surface area (Å²) in [6.07, 6.45) is 0.842. The number of carbonyl (C=O) groups excluding carboxylic acids is 1. The van der Waals surface area contributed by atoms with Crippen LogP contribution in [0.1, 0.15) is 56.0 Å². The summed E-state index contributed by atoms with van der Waals surface area (Å²) in [5.74, 6) is -0.347. The van der Waals surface area contributed by atoms with E-state index >= 15 is 0 Å². The van der Waals surface area contributed by atoms with Gasteiger partial charge in [0.05, 0.1) is 7.11 Å². The quantitative estimate of drug-likeness (QED) is 0.659. The number of phenolic OH excluding ortho intramolecular Hbond substituents is 1. The molecule has 0 saturated carbocycles. The number of esters is 1. The van der Waals surface area contributed by atoms with Gasteiger partial charge in [-0.3, -0.25) is 0 Å². The van der Waals surface area contributed by atoms with Crippen LogP contribution in [0, 0.1) is 5.41 Å². The highest BCUT2D eigenvalue weighted by atomic mass is 16.5. The fourth-order valence-electron chi connectivity index (χ4n) is 2.32. The van der Waals surface area contributed by atoms with E-state index in [9.17, 15) is 9.90 Å². The number of phenols is 1. The largest absolute Gasteiger partial charge is 0.507 e. The molecule has 1 aromatic rings. The van der Waals surface area contributed by atoms with E-state index in [2.05, 4.69) is 27.4 Å². The Morgan fingerprint density at radius 3 is 2.45 bits per heavy atom. The van der Waals surface area contributed by atoms with Crippen LogP contribution in [0.15, 0.2) is 30.4 Å². The van der Waals surface area contributed by atoms with Crippen LogP contribution >= 0.6 is 0 Å². The fraction of sp³-hybridized carbons (Fsp3) is 0.471. The topological polar surface area (TPSA) is 46.5 Å². The van der Waals surface area contributed by atoms with E-state index in [1.54, 1.807) is 12.1 Å². The summed E-state index contributed by atoms with van der Waals surface area (Å²) in [5.41, 5.74) is 2.35. The van der Waals surface area contributed by atoms with Crippen molar-refractivity contribution in [3.63, 3.8) is 0 Å². The van der Waals surface area contributed by atoms with Gasteiger partial charge in [-0.1, -0.05) is 32.4 Å². The molecule has 1 rings (SSSR count). The van der Waals surface area contributed by atoms with E-state index in [0.717, 1.165) is 17.6 Å². The summed E-state index contributed by atoms with van der Waals surface area (Å²) >= 11 is 0. The second-order valence-electron chi connectivity index (χ2n) is 6.35. The Labute approximate surface area is 121 Å². The van der Waals surface area contributed by atoms with Crippen LogP contribution in [0.3, 0.4) is 0 Å². The van der Waals surface area contributed by atoms with Gasteiger partial charge in [-0.2, -0.15) is 0 Å². The smallest absolute Gasteiger partial charge is 0.341 e. The molecule has 0 bridgehead atoms. The summed E-state index contributed by atoms with van der Waals surface area (Å²) in [6, 6.07) is 5.14. The van der Waals surface area contributed by atoms with Crippen molar-refractivity contribution in [2.75, 3.05) is 7.11 Å². The molecule has 0 amide bonds. The number of rotatable bonds is 4. The molecule has 20 heavy (non-hydrogen) atoms. The lowest BCUT2D eigenvalue weighted by Crippen LogP contribution is -2.19. The molecule has 0 heterocycles. The van der Waals surface area contributed by atoms with Crippen LogP contribution in [0.5, 0.6) is 5.75 Å². The van der Waals surface area contributed by atoms with Crippen molar-refractivity contribution in [2.24, 2.45) is 5.41 Å². The van der Waals surface area contributed by atoms with E-state index in [0.29, 0.717) is 0 Å². The maximum absolute atomic E-state index is 11.7. The monoisotopic (exact) mass is 276 g/mol. The van der Waals surface area contributed by atoms with Crippen molar-refractivity contribution >= 4 is 5.97 Å². The minimum atomic E-state index is -0.521. The number of hydrogen-bond donors (Lipinski definition) is 1. The van der Waals surface area contributed by atoms with E-state index in [-0.39, 0.29) is 22.6 Å². The maximum Gasteiger partial charge on any atom is 0.341 e. The number of carbonyl (C=O) groups is 1. The minimum Gasteiger partial charge on any atom is -0.507 e. The van der Waals surface area contributed by atoms with Gasteiger partial charge in [0.25, 0.3) is 0 Å². The molecule has 0 aliphatic rings. The molecule has 0 aliphatic heterocycles. The molecule has 0 spiro atoms. The van der Waals surface area contributed by atoms with Crippen LogP contribution in [-0.2, 0) is 4.74 Å². The third kappa shape index (κ3) is 3.86. The highest BCUT2D eigenvalue weighted by molar-refractivity contribution is 5.92. The van der Waals surface area contributed by atoms with E-state index < -0.39 is 5.97 Å². The Kier molecular flexibility index (Phi) is 4.98. The minimum absolute atomic E-state index is 0.0311. The van der Waals surface area contributed by atoms with Crippen LogP contribution in [-0.4, -0.2) is 18.2 Å². The van der Waals surface area contributed by atoms with Crippen molar-refractivity contribution < 1.29 is 14.6 Å². The Morgan fingerprint density at radius 1 is 1.40 bits per heavy atom. The highest BCUT2D eigenvalue weighted by Gasteiger charge is 2.27. The molecule has 0 fully saturated rings. The molecule has 0 saturated heterocycles. The third-order valence-corrected chi connectivity index (χ3v) is 3.43. The van der Waals surface area contributed by atoms with Crippen molar-refractivity contribution in [3.05, 3.63) is 41.5 Å². The molecule has 1 aromatic carbocycles. The highest BCUT2D eigenvalue weighted by Crippen LogP contribution is 2.40. The molecular formula is C17H24O3. The predicted molar refractivity (Wildman–Crippen MR) is 81.1 cm³/mol. The van der Waals surface area contributed by atoms with Gasteiger partial charge in [0.15, 0.2) is 0 Å². The van der Waals surface area contributed by atoms with Crippen molar-refractivity contribution in [2.45, 2.75) is 40.0 Å². The predicted octanol–water partition coefficient (Wildman–Crippen LogP) is 4.27. The van der Waals surface area contributed by atoms with E-state index in [1.165, 1.54) is 7.11 Å². The lowest BCUT2D eigenvalue weighted by molar-refractivity contribution is 0.0597. The lowest BCUT2D eigenvalue weighted by Gasteiger charge is -2.31. The van der Waals surface area contributed by atoms with Crippen molar-refractivity contribution in [1.82, 2.24) is 0 Å². The molecular weight excluding hydrogens is 252 g/mol. The number of ether oxygens (including phenoxy) is 1. The van der Waals surface area contributed by atoms with E-state index in [1.807, 2.05) is 13.0 Å². The first kappa shape index (κ1) is 16.3. The van der Waals surface area contributed by atoms with Crippen molar-refractivity contribution in [3.8, 4) is 5.75 Å². The summed E-state index contributed by atoms with van der Waals surface area (Å²) in [7, 11) is 1.31. The third-order valence-electron chi connectivity index (χ3n) is 3.43. The van der Waals surface area contributed by atoms with Gasteiger partial charge in [-0.15, -0.1) is 6.58 Å². The second-order valence-corrected chi connectivity index (χ2v) is 6.35. The zero-order valence-electron chi connectivity index (χ0n) is 13.0. The zero-order valence-corrected chi connectivity index (χ0v) is 13.0. The van der Waals surface area contributed by atoms with Gasteiger partial charge in [0.1, 0.15) is 11.3 Å². The molecule has 0 aliphatic carbocycles. The van der Waals surface area contributed by atoms with Crippen molar-refractivity contribution in [1.29, 1.82) is 0 Å². The standard InChI is InChI=1S/C17H24O3/c1-11(2)9-14(17(3,4)5)12-7-8-15(18)13(10-12)16(19)20-6/h7-8,10,14,18H,1,9H2,2-6H3. The lowest BCUT2D eigenvalue weighted by atomic mass is 9.73. The van der Waals surface area contributed by atoms with Crippen LogP contribution in [0.2, 0.25) is 0 Å². The number of benzene rings is 1. The van der Waals surface area contributed by atoms with Gasteiger partial charge in [-0.25, -0.2) is 4.79 Å². The Morgan fingerprint density at radius 2 is 2.00 bits per heavy atom. The number of allylic oxidation sites excluding steroid dienone is 1. The first-order valence-corrected chi connectivity index (χ1v) is 6.72. The number of aromatic hydroxyl groups is 1. The SMILES string of the molecule is C=C(C)CC(c1ccc(O)c(C(=O)OC)c1)C(C)(C)C.